The van der Waals surface area contributed by atoms with Crippen molar-refractivity contribution in [2.24, 2.45) is 0 Å². The molecule has 0 aliphatic carbocycles. The first-order chi connectivity index (χ1) is 15.6. The summed E-state index contributed by atoms with van der Waals surface area (Å²) in [6.07, 6.45) is 2.07. The lowest BCUT2D eigenvalue weighted by atomic mass is 10.1. The second-order valence-electron chi connectivity index (χ2n) is 7.73. The predicted molar refractivity (Wildman–Crippen MR) is 118 cm³/mol. The molecule has 33 heavy (non-hydrogen) atoms. The highest BCUT2D eigenvalue weighted by Gasteiger charge is 2.51. The number of aliphatic hydroxyl groups is 1. The average molecular weight is 502 g/mol. The van der Waals surface area contributed by atoms with Gasteiger partial charge in [0.2, 0.25) is 0 Å². The molecule has 0 radical (unpaired) electrons. The first-order valence-electron chi connectivity index (χ1n) is 9.95. The fourth-order valence-corrected chi connectivity index (χ4v) is 4.29. The molecule has 0 spiro atoms. The van der Waals surface area contributed by atoms with Crippen molar-refractivity contribution in [2.45, 2.75) is 37.6 Å². The predicted octanol–water partition coefficient (Wildman–Crippen LogP) is 4.08. The standard InChI is InChI=1S/C21H20Cl2F3N5O2/c1-10(18-13(22)2-3-14(24)19(18)23)33-15-4-11(5-29-20(15)27)12-6-30-31(8-12)9-16-21(25,26)17(32)7-28-16/h2-6,8,10,16-17,28,32H,7,9H2,1H3,(H2,27,29)/t10-,16?,17-/m1/s1. The lowest BCUT2D eigenvalue weighted by molar-refractivity contribution is -0.0963. The fraction of sp³-hybridized carbons (Fsp3) is 0.333. The summed E-state index contributed by atoms with van der Waals surface area (Å²) in [5.41, 5.74) is 7.37. The van der Waals surface area contributed by atoms with Crippen LogP contribution in [0.15, 0.2) is 36.8 Å². The number of β-amino-alcohol motifs (C(OH)–C–C–N with tert-alkyl or cyclic N) is 1. The Labute approximate surface area is 197 Å². The molecule has 176 valence electrons. The van der Waals surface area contributed by atoms with Gasteiger partial charge in [-0.05, 0) is 25.1 Å². The molecule has 1 aliphatic rings. The van der Waals surface area contributed by atoms with E-state index in [2.05, 4.69) is 15.4 Å². The Morgan fingerprint density at radius 1 is 1.33 bits per heavy atom. The van der Waals surface area contributed by atoms with Crippen LogP contribution in [0.1, 0.15) is 18.6 Å². The van der Waals surface area contributed by atoms with Gasteiger partial charge in [0.25, 0.3) is 5.92 Å². The Bertz CT molecular complexity index is 1180. The molecule has 3 heterocycles. The van der Waals surface area contributed by atoms with E-state index in [0.717, 1.165) is 6.07 Å². The Hall–Kier alpha value is -2.53. The molecule has 1 aromatic carbocycles. The molecule has 2 aromatic heterocycles. The van der Waals surface area contributed by atoms with Gasteiger partial charge in [-0.25, -0.2) is 18.2 Å². The van der Waals surface area contributed by atoms with E-state index in [4.69, 9.17) is 33.7 Å². The molecule has 1 aliphatic heterocycles. The summed E-state index contributed by atoms with van der Waals surface area (Å²) in [7, 11) is 0. The third-order valence-corrected chi connectivity index (χ3v) is 6.19. The van der Waals surface area contributed by atoms with Crippen molar-refractivity contribution < 1.29 is 23.0 Å². The van der Waals surface area contributed by atoms with E-state index in [1.807, 2.05) is 0 Å². The van der Waals surface area contributed by atoms with Crippen LogP contribution in [0.4, 0.5) is 19.0 Å². The van der Waals surface area contributed by atoms with Crippen LogP contribution in [0.3, 0.4) is 0 Å². The van der Waals surface area contributed by atoms with Gasteiger partial charge in [0, 0.05) is 40.7 Å². The van der Waals surface area contributed by atoms with Crippen LogP contribution in [0.2, 0.25) is 10.0 Å². The first-order valence-corrected chi connectivity index (χ1v) is 10.7. The number of aromatic nitrogens is 3. The zero-order valence-corrected chi connectivity index (χ0v) is 18.8. The maximum Gasteiger partial charge on any atom is 0.291 e. The number of aliphatic hydroxyl groups excluding tert-OH is 1. The number of nitrogens with one attached hydrogen (secondary N) is 1. The van der Waals surface area contributed by atoms with Crippen molar-refractivity contribution in [3.8, 4) is 16.9 Å². The molecule has 4 N–H and O–H groups in total. The number of ether oxygens (including phenoxy) is 1. The molecule has 3 atom stereocenters. The van der Waals surface area contributed by atoms with Gasteiger partial charge in [-0.15, -0.1) is 0 Å². The number of benzene rings is 1. The number of halogens is 5. The smallest absolute Gasteiger partial charge is 0.291 e. The van der Waals surface area contributed by atoms with E-state index in [0.29, 0.717) is 11.1 Å². The van der Waals surface area contributed by atoms with Gasteiger partial charge in [0.1, 0.15) is 18.0 Å². The Morgan fingerprint density at radius 2 is 2.09 bits per heavy atom. The summed E-state index contributed by atoms with van der Waals surface area (Å²) >= 11 is 12.2. The van der Waals surface area contributed by atoms with E-state index < -0.39 is 30.0 Å². The highest BCUT2D eigenvalue weighted by atomic mass is 35.5. The topological polar surface area (TPSA) is 98.2 Å². The van der Waals surface area contributed by atoms with Gasteiger partial charge in [-0.3, -0.25) is 4.68 Å². The minimum atomic E-state index is -3.26. The van der Waals surface area contributed by atoms with E-state index in [9.17, 15) is 18.3 Å². The van der Waals surface area contributed by atoms with Crippen LogP contribution in [-0.2, 0) is 6.54 Å². The number of pyridine rings is 1. The maximum absolute atomic E-state index is 14.0. The van der Waals surface area contributed by atoms with E-state index in [-0.39, 0.29) is 40.3 Å². The second-order valence-corrected chi connectivity index (χ2v) is 8.51. The monoisotopic (exact) mass is 501 g/mol. The summed E-state index contributed by atoms with van der Waals surface area (Å²) in [6, 6.07) is 2.90. The number of rotatable bonds is 6. The molecule has 12 heteroatoms. The highest BCUT2D eigenvalue weighted by Crippen LogP contribution is 2.37. The molecule has 1 unspecified atom stereocenters. The number of alkyl halides is 2. The third kappa shape index (κ3) is 4.61. The summed E-state index contributed by atoms with van der Waals surface area (Å²) in [5, 5.41) is 16.2. The van der Waals surface area contributed by atoms with Crippen LogP contribution < -0.4 is 15.8 Å². The lowest BCUT2D eigenvalue weighted by Crippen LogP contribution is -2.43. The van der Waals surface area contributed by atoms with Crippen molar-refractivity contribution >= 4 is 29.0 Å². The van der Waals surface area contributed by atoms with Gasteiger partial charge >= 0.3 is 0 Å². The third-order valence-electron chi connectivity index (χ3n) is 5.47. The largest absolute Gasteiger partial charge is 0.482 e. The summed E-state index contributed by atoms with van der Waals surface area (Å²) < 4.78 is 49.2. The molecule has 4 rings (SSSR count). The van der Waals surface area contributed by atoms with E-state index in [1.165, 1.54) is 23.1 Å². The van der Waals surface area contributed by atoms with Gasteiger partial charge in [-0.2, -0.15) is 5.10 Å². The van der Waals surface area contributed by atoms with Crippen molar-refractivity contribution in [2.75, 3.05) is 12.3 Å². The molecule has 0 saturated carbocycles. The Balaban J connectivity index is 1.54. The zero-order valence-electron chi connectivity index (χ0n) is 17.3. The normalized spacial score (nSPS) is 20.7. The number of nitrogens with zero attached hydrogens (tertiary/aromatic N) is 3. The van der Waals surface area contributed by atoms with Crippen molar-refractivity contribution in [1.29, 1.82) is 0 Å². The van der Waals surface area contributed by atoms with Crippen molar-refractivity contribution in [3.05, 3.63) is 58.2 Å². The van der Waals surface area contributed by atoms with Crippen LogP contribution >= 0.6 is 23.2 Å². The molecule has 1 saturated heterocycles. The van der Waals surface area contributed by atoms with Gasteiger partial charge in [-0.1, -0.05) is 23.2 Å². The molecular formula is C21H20Cl2F3N5O2. The number of anilines is 1. The lowest BCUT2D eigenvalue weighted by Gasteiger charge is -2.20. The summed E-state index contributed by atoms with van der Waals surface area (Å²) in [6.45, 7) is 1.31. The molecule has 0 amide bonds. The van der Waals surface area contributed by atoms with Crippen molar-refractivity contribution in [1.82, 2.24) is 20.1 Å². The van der Waals surface area contributed by atoms with E-state index >= 15 is 0 Å². The van der Waals surface area contributed by atoms with Crippen LogP contribution in [0.25, 0.3) is 11.1 Å². The number of hydrogen-bond acceptors (Lipinski definition) is 6. The number of nitrogens with two attached hydrogens (primary N) is 1. The Morgan fingerprint density at radius 3 is 2.79 bits per heavy atom. The maximum atomic E-state index is 14.0. The SMILES string of the molecule is C[C@@H](Oc1cc(-c2cnn(CC3NC[C@@H](O)C3(F)F)c2)cnc1N)c1c(Cl)ccc(F)c1Cl. The average Bonchev–Trinajstić information content (AvgIpc) is 3.33. The summed E-state index contributed by atoms with van der Waals surface area (Å²) in [4.78, 5) is 4.12. The van der Waals surface area contributed by atoms with E-state index in [1.54, 1.807) is 19.2 Å². The fourth-order valence-electron chi connectivity index (χ4n) is 3.62. The summed E-state index contributed by atoms with van der Waals surface area (Å²) in [5.74, 6) is -3.60. The van der Waals surface area contributed by atoms with Crippen LogP contribution in [0, 0.1) is 5.82 Å². The molecular weight excluding hydrogens is 482 g/mol. The number of hydrogen-bond donors (Lipinski definition) is 3. The Kier molecular flexibility index (Phi) is 6.45. The minimum Gasteiger partial charge on any atom is -0.482 e. The highest BCUT2D eigenvalue weighted by molar-refractivity contribution is 6.36. The van der Waals surface area contributed by atoms with Gasteiger partial charge in [0.15, 0.2) is 11.6 Å². The first kappa shape index (κ1) is 23.6. The van der Waals surface area contributed by atoms with Crippen LogP contribution in [0.5, 0.6) is 5.75 Å². The quantitative estimate of drug-likeness (QED) is 0.440. The minimum absolute atomic E-state index is 0.0884. The zero-order chi connectivity index (χ0) is 23.9. The molecule has 1 fully saturated rings. The second kappa shape index (κ2) is 9.02. The number of nitrogen functional groups attached to an aromatic ring is 1. The molecule has 7 nitrogen and oxygen atoms in total. The van der Waals surface area contributed by atoms with Gasteiger partial charge in [0.05, 0.1) is 23.8 Å². The van der Waals surface area contributed by atoms with Crippen molar-refractivity contribution in [3.63, 3.8) is 0 Å². The molecule has 0 bridgehead atoms. The van der Waals surface area contributed by atoms with Crippen LogP contribution in [-0.4, -0.2) is 44.5 Å². The molecule has 3 aromatic rings. The van der Waals surface area contributed by atoms with Gasteiger partial charge < -0.3 is 20.9 Å².